The van der Waals surface area contributed by atoms with E-state index in [1.54, 1.807) is 12.1 Å². The molecule has 0 aliphatic rings. The van der Waals surface area contributed by atoms with Gasteiger partial charge in [0.25, 0.3) is 0 Å². The molecule has 0 radical (unpaired) electrons. The molecule has 0 aliphatic heterocycles. The molecule has 7 heteroatoms. The number of aromatic nitrogens is 1. The summed E-state index contributed by atoms with van der Waals surface area (Å²) in [6.45, 7) is 0.116. The number of halogens is 4. The van der Waals surface area contributed by atoms with Gasteiger partial charge < -0.3 is 10.5 Å². The molecule has 20 heavy (non-hydrogen) atoms. The first kappa shape index (κ1) is 14.6. The molecular weight excluding hydrogens is 337 g/mol. The number of nitrogen functional groups attached to an aromatic ring is 1. The summed E-state index contributed by atoms with van der Waals surface area (Å²) in [5.74, 6) is -0.0349. The zero-order chi connectivity index (χ0) is 14.8. The van der Waals surface area contributed by atoms with E-state index in [2.05, 4.69) is 20.9 Å². The molecule has 2 rings (SSSR count). The summed E-state index contributed by atoms with van der Waals surface area (Å²) in [6.07, 6.45) is -3.58. The van der Waals surface area contributed by atoms with E-state index in [1.807, 2.05) is 12.1 Å². The molecule has 0 fully saturated rings. The average molecular weight is 347 g/mol. The minimum atomic E-state index is -4.53. The van der Waals surface area contributed by atoms with E-state index in [0.717, 1.165) is 22.3 Å². The fraction of sp³-hybridized carbons (Fsp3) is 0.154. The number of nitrogens with zero attached hydrogens (tertiary/aromatic N) is 1. The van der Waals surface area contributed by atoms with Crippen molar-refractivity contribution < 1.29 is 17.9 Å². The number of nitrogens with two attached hydrogens (primary N) is 1. The zero-order valence-corrected chi connectivity index (χ0v) is 11.7. The van der Waals surface area contributed by atoms with Crippen LogP contribution < -0.4 is 10.5 Å². The first-order chi connectivity index (χ1) is 9.36. The quantitative estimate of drug-likeness (QED) is 0.912. The van der Waals surface area contributed by atoms with E-state index in [1.165, 1.54) is 0 Å². The van der Waals surface area contributed by atoms with Crippen molar-refractivity contribution in [3.8, 4) is 5.75 Å². The van der Waals surface area contributed by atoms with E-state index in [-0.39, 0.29) is 18.0 Å². The van der Waals surface area contributed by atoms with E-state index in [0.29, 0.717) is 0 Å². The number of alkyl halides is 3. The predicted molar refractivity (Wildman–Crippen MR) is 72.1 cm³/mol. The number of pyridine rings is 1. The number of rotatable bonds is 3. The molecule has 2 N–H and O–H groups in total. The van der Waals surface area contributed by atoms with Gasteiger partial charge in [-0.15, -0.1) is 0 Å². The second-order valence-corrected chi connectivity index (χ2v) is 4.94. The van der Waals surface area contributed by atoms with Gasteiger partial charge in [-0.05, 0) is 17.7 Å². The lowest BCUT2D eigenvalue weighted by Crippen LogP contribution is -2.09. The molecule has 2 aromatic rings. The van der Waals surface area contributed by atoms with Crippen LogP contribution in [0.2, 0.25) is 0 Å². The number of hydrogen-bond acceptors (Lipinski definition) is 3. The minimum Gasteiger partial charge on any atom is -0.487 e. The molecule has 1 aromatic carbocycles. The van der Waals surface area contributed by atoms with Crippen LogP contribution in [0.15, 0.2) is 41.0 Å². The Labute approximate surface area is 121 Å². The Hall–Kier alpha value is -1.76. The van der Waals surface area contributed by atoms with Crippen molar-refractivity contribution in [3.63, 3.8) is 0 Å². The van der Waals surface area contributed by atoms with Crippen molar-refractivity contribution in [2.24, 2.45) is 0 Å². The highest BCUT2D eigenvalue weighted by Gasteiger charge is 2.33. The summed E-state index contributed by atoms with van der Waals surface area (Å²) in [6, 6.07) is 8.05. The van der Waals surface area contributed by atoms with Crippen molar-refractivity contribution in [1.82, 2.24) is 4.98 Å². The van der Waals surface area contributed by atoms with Crippen LogP contribution in [0, 0.1) is 0 Å². The third kappa shape index (κ3) is 3.63. The van der Waals surface area contributed by atoms with Gasteiger partial charge in [-0.2, -0.15) is 13.2 Å². The van der Waals surface area contributed by atoms with Gasteiger partial charge in [0.1, 0.15) is 18.1 Å². The molecule has 0 atom stereocenters. The van der Waals surface area contributed by atoms with Crippen LogP contribution in [0.3, 0.4) is 0 Å². The smallest absolute Gasteiger partial charge is 0.433 e. The maximum absolute atomic E-state index is 12.6. The van der Waals surface area contributed by atoms with Crippen LogP contribution in [-0.4, -0.2) is 4.98 Å². The zero-order valence-electron chi connectivity index (χ0n) is 10.1. The van der Waals surface area contributed by atoms with Crippen LogP contribution in [0.25, 0.3) is 0 Å². The van der Waals surface area contributed by atoms with Crippen LogP contribution >= 0.6 is 15.9 Å². The molecule has 0 unspecified atom stereocenters. The number of hydrogen-bond donors (Lipinski definition) is 1. The Morgan fingerprint density at radius 1 is 1.25 bits per heavy atom. The number of anilines is 1. The maximum Gasteiger partial charge on any atom is 0.433 e. The lowest BCUT2D eigenvalue weighted by molar-refractivity contribution is -0.141. The second kappa shape index (κ2) is 5.70. The topological polar surface area (TPSA) is 48.1 Å². The van der Waals surface area contributed by atoms with Gasteiger partial charge >= 0.3 is 6.18 Å². The summed E-state index contributed by atoms with van der Waals surface area (Å²) >= 11 is 3.30. The number of benzene rings is 1. The lowest BCUT2D eigenvalue weighted by atomic mass is 10.2. The Balaban J connectivity index is 2.17. The van der Waals surface area contributed by atoms with Crippen molar-refractivity contribution >= 4 is 21.6 Å². The van der Waals surface area contributed by atoms with Gasteiger partial charge in [-0.25, -0.2) is 4.98 Å². The van der Waals surface area contributed by atoms with Crippen molar-refractivity contribution in [2.45, 2.75) is 12.8 Å². The second-order valence-electron chi connectivity index (χ2n) is 4.02. The Morgan fingerprint density at radius 3 is 2.65 bits per heavy atom. The van der Waals surface area contributed by atoms with Crippen molar-refractivity contribution in [2.75, 3.05) is 5.73 Å². The third-order valence-electron chi connectivity index (χ3n) is 2.47. The number of ether oxygens (including phenoxy) is 1. The highest BCUT2D eigenvalue weighted by molar-refractivity contribution is 9.10. The van der Waals surface area contributed by atoms with Crippen molar-refractivity contribution in [3.05, 3.63) is 52.3 Å². The monoisotopic (exact) mass is 346 g/mol. The first-order valence-corrected chi connectivity index (χ1v) is 6.35. The summed E-state index contributed by atoms with van der Waals surface area (Å²) in [7, 11) is 0. The van der Waals surface area contributed by atoms with Crippen molar-refractivity contribution in [1.29, 1.82) is 0 Å². The molecule has 0 bridgehead atoms. The van der Waals surface area contributed by atoms with Gasteiger partial charge in [-0.3, -0.25) is 0 Å². The van der Waals surface area contributed by atoms with Crippen LogP contribution in [0.4, 0.5) is 18.9 Å². The van der Waals surface area contributed by atoms with Gasteiger partial charge in [0.2, 0.25) is 0 Å². The molecule has 106 valence electrons. The highest BCUT2D eigenvalue weighted by atomic mass is 79.9. The maximum atomic E-state index is 12.6. The van der Waals surface area contributed by atoms with Gasteiger partial charge in [0, 0.05) is 10.5 Å². The molecule has 0 saturated carbocycles. The first-order valence-electron chi connectivity index (χ1n) is 5.56. The minimum absolute atomic E-state index is 0.0349. The Bertz CT molecular complexity index is 617. The molecule has 1 aromatic heterocycles. The highest BCUT2D eigenvalue weighted by Crippen LogP contribution is 2.32. The van der Waals surface area contributed by atoms with Crippen LogP contribution in [-0.2, 0) is 12.8 Å². The fourth-order valence-corrected chi connectivity index (χ4v) is 1.96. The van der Waals surface area contributed by atoms with Gasteiger partial charge in [0.05, 0.1) is 11.9 Å². The summed E-state index contributed by atoms with van der Waals surface area (Å²) < 4.78 is 43.8. The predicted octanol–water partition coefficient (Wildman–Crippen LogP) is 4.02. The summed E-state index contributed by atoms with van der Waals surface area (Å²) in [5.41, 5.74) is 5.40. The van der Waals surface area contributed by atoms with Crippen LogP contribution in [0.5, 0.6) is 5.75 Å². The Kier molecular flexibility index (Phi) is 4.17. The lowest BCUT2D eigenvalue weighted by Gasteiger charge is -2.12. The molecule has 0 spiro atoms. The fourth-order valence-electron chi connectivity index (χ4n) is 1.52. The van der Waals surface area contributed by atoms with E-state index in [9.17, 15) is 13.2 Å². The SMILES string of the molecule is Nc1cnc(C(F)(F)F)cc1OCc1cccc(Br)c1. The third-order valence-corrected chi connectivity index (χ3v) is 2.96. The van der Waals surface area contributed by atoms with E-state index >= 15 is 0 Å². The molecule has 0 aliphatic carbocycles. The molecule has 3 nitrogen and oxygen atoms in total. The van der Waals surface area contributed by atoms with Crippen LogP contribution in [0.1, 0.15) is 11.3 Å². The molecule has 1 heterocycles. The summed E-state index contributed by atoms with van der Waals surface area (Å²) in [4.78, 5) is 3.24. The van der Waals surface area contributed by atoms with Gasteiger partial charge in [-0.1, -0.05) is 28.1 Å². The standard InChI is InChI=1S/C13H10BrF3N2O/c14-9-3-1-2-8(4-9)7-20-11-5-12(13(15,16)17)19-6-10(11)18/h1-6H,7,18H2. The average Bonchev–Trinajstić information content (AvgIpc) is 2.36. The molecular formula is C13H10BrF3N2O. The van der Waals surface area contributed by atoms with E-state index < -0.39 is 11.9 Å². The normalized spacial score (nSPS) is 11.4. The van der Waals surface area contributed by atoms with E-state index in [4.69, 9.17) is 10.5 Å². The summed E-state index contributed by atoms with van der Waals surface area (Å²) in [5, 5.41) is 0. The largest absolute Gasteiger partial charge is 0.487 e. The van der Waals surface area contributed by atoms with Gasteiger partial charge in [0.15, 0.2) is 0 Å². The molecule has 0 saturated heterocycles. The Morgan fingerprint density at radius 2 is 2.00 bits per heavy atom. The molecule has 0 amide bonds.